The molecule has 11 heteroatoms. The first-order chi connectivity index (χ1) is 22.5. The molecule has 0 radical (unpaired) electrons. The second-order valence-corrected chi connectivity index (χ2v) is 16.5. The summed E-state index contributed by atoms with van der Waals surface area (Å²) < 4.78 is 23.5. The second-order valence-electron chi connectivity index (χ2n) is 13.7. The summed E-state index contributed by atoms with van der Waals surface area (Å²) in [6, 6.07) is 20.3. The van der Waals surface area contributed by atoms with E-state index in [1.54, 1.807) is 69.0 Å². The molecule has 3 rings (SSSR count). The van der Waals surface area contributed by atoms with Crippen LogP contribution in [0, 0.1) is 0 Å². The van der Waals surface area contributed by atoms with Gasteiger partial charge in [0.2, 0.25) is 5.91 Å². The van der Waals surface area contributed by atoms with Crippen molar-refractivity contribution in [1.29, 1.82) is 0 Å². The van der Waals surface area contributed by atoms with Crippen LogP contribution in [0.2, 0.25) is 18.1 Å². The van der Waals surface area contributed by atoms with Gasteiger partial charge < -0.3 is 24.0 Å². The maximum atomic E-state index is 14.2. The molecule has 3 aromatic rings. The summed E-state index contributed by atoms with van der Waals surface area (Å²) in [6.45, 7) is 18.1. The first kappa shape index (κ1) is 38.6. The highest BCUT2D eigenvalue weighted by Gasteiger charge is 2.32. The van der Waals surface area contributed by atoms with Crippen LogP contribution >= 0.6 is 11.6 Å². The number of benzene rings is 3. The molecule has 48 heavy (non-hydrogen) atoms. The zero-order valence-corrected chi connectivity index (χ0v) is 31.4. The highest BCUT2D eigenvalue weighted by atomic mass is 35.5. The molecule has 0 aliphatic carbocycles. The molecule has 9 nitrogen and oxygen atoms in total. The van der Waals surface area contributed by atoms with Crippen molar-refractivity contribution in [3.63, 3.8) is 0 Å². The SMILES string of the molecule is CCOC(=O)CCC(=O)N(c1ccc(Cl)cc1Oc1cccc(CNC(=O)OC(C)(C)C)c1)C(O[SiH](C)C)c1ccc(C(C)(C)C)cc1. The van der Waals surface area contributed by atoms with Crippen LogP contribution in [0.15, 0.2) is 66.7 Å². The number of ether oxygens (including phenoxy) is 3. The van der Waals surface area contributed by atoms with Crippen LogP contribution in [0.3, 0.4) is 0 Å². The van der Waals surface area contributed by atoms with Crippen LogP contribution in [0.5, 0.6) is 11.5 Å². The van der Waals surface area contributed by atoms with E-state index < -0.39 is 32.9 Å². The number of carbonyl (C=O) groups excluding carboxylic acids is 3. The molecule has 0 saturated carbocycles. The van der Waals surface area contributed by atoms with Crippen molar-refractivity contribution in [3.05, 3.63) is 88.4 Å². The molecule has 0 aromatic heterocycles. The predicted molar refractivity (Wildman–Crippen MR) is 192 cm³/mol. The lowest BCUT2D eigenvalue weighted by Gasteiger charge is -2.35. The number of hydrogen-bond acceptors (Lipinski definition) is 7. The Labute approximate surface area is 291 Å². The minimum Gasteiger partial charge on any atom is -0.466 e. The number of halogens is 1. The summed E-state index contributed by atoms with van der Waals surface area (Å²) in [7, 11) is -1.74. The smallest absolute Gasteiger partial charge is 0.407 e. The normalized spacial score (nSPS) is 12.3. The van der Waals surface area contributed by atoms with Crippen molar-refractivity contribution < 1.29 is 33.0 Å². The number of nitrogens with zero attached hydrogens (tertiary/aromatic N) is 1. The third-order valence-corrected chi connectivity index (χ3v) is 8.00. The predicted octanol–water partition coefficient (Wildman–Crippen LogP) is 8.83. The molecule has 1 N–H and O–H groups in total. The lowest BCUT2D eigenvalue weighted by molar-refractivity contribution is -0.144. The average molecular weight is 697 g/mol. The quantitative estimate of drug-likeness (QED) is 0.108. The highest BCUT2D eigenvalue weighted by Crippen LogP contribution is 2.40. The minimum atomic E-state index is -1.74. The Morgan fingerprint density at radius 2 is 1.60 bits per heavy atom. The number of esters is 1. The van der Waals surface area contributed by atoms with Crippen LogP contribution in [0.25, 0.3) is 0 Å². The van der Waals surface area contributed by atoms with E-state index in [-0.39, 0.29) is 37.3 Å². The summed E-state index contributed by atoms with van der Waals surface area (Å²) in [5, 5.41) is 3.16. The minimum absolute atomic E-state index is 0.0645. The summed E-state index contributed by atoms with van der Waals surface area (Å²) in [6.07, 6.45) is -1.52. The molecule has 260 valence electrons. The number of alkyl carbamates (subject to hydrolysis) is 1. The molecule has 0 spiro atoms. The lowest BCUT2D eigenvalue weighted by atomic mass is 9.86. The summed E-state index contributed by atoms with van der Waals surface area (Å²) in [5.41, 5.74) is 2.44. The van der Waals surface area contributed by atoms with Crippen LogP contribution < -0.4 is 15.0 Å². The van der Waals surface area contributed by atoms with E-state index in [0.29, 0.717) is 22.2 Å². The Morgan fingerprint density at radius 1 is 0.917 bits per heavy atom. The second kappa shape index (κ2) is 17.0. The number of anilines is 1. The molecular weight excluding hydrogens is 648 g/mol. The fourth-order valence-electron chi connectivity index (χ4n) is 4.75. The van der Waals surface area contributed by atoms with E-state index in [9.17, 15) is 14.4 Å². The van der Waals surface area contributed by atoms with Gasteiger partial charge in [-0.05, 0) is 81.6 Å². The molecule has 0 heterocycles. The molecule has 3 aromatic carbocycles. The van der Waals surface area contributed by atoms with Gasteiger partial charge in [0.1, 0.15) is 11.4 Å². The molecular formula is C37H49ClN2O7Si. The van der Waals surface area contributed by atoms with Gasteiger partial charge in [-0.1, -0.05) is 68.8 Å². The van der Waals surface area contributed by atoms with Gasteiger partial charge in [-0.2, -0.15) is 0 Å². The van der Waals surface area contributed by atoms with E-state index in [1.165, 1.54) is 0 Å². The Kier molecular flexibility index (Phi) is 13.7. The van der Waals surface area contributed by atoms with Gasteiger partial charge in [0.25, 0.3) is 0 Å². The van der Waals surface area contributed by atoms with E-state index in [4.69, 9.17) is 30.2 Å². The Balaban J connectivity index is 2.06. The molecule has 1 atom stereocenters. The van der Waals surface area contributed by atoms with Gasteiger partial charge in [0, 0.05) is 29.6 Å². The highest BCUT2D eigenvalue weighted by molar-refractivity contribution is 6.48. The van der Waals surface area contributed by atoms with Crippen molar-refractivity contribution in [2.75, 3.05) is 11.5 Å². The van der Waals surface area contributed by atoms with Crippen molar-refractivity contribution in [1.82, 2.24) is 5.32 Å². The van der Waals surface area contributed by atoms with Gasteiger partial charge >= 0.3 is 12.1 Å². The van der Waals surface area contributed by atoms with E-state index in [2.05, 4.69) is 26.1 Å². The average Bonchev–Trinajstić information content (AvgIpc) is 2.98. The lowest BCUT2D eigenvalue weighted by Crippen LogP contribution is -2.38. The number of rotatable bonds is 13. The Hall–Kier alpha value is -3.86. The fourth-order valence-corrected chi connectivity index (χ4v) is 5.71. The molecule has 0 saturated heterocycles. The maximum Gasteiger partial charge on any atom is 0.407 e. The molecule has 2 amide bonds. The van der Waals surface area contributed by atoms with Crippen LogP contribution in [0.4, 0.5) is 10.5 Å². The number of nitrogens with one attached hydrogen (secondary N) is 1. The zero-order chi connectivity index (χ0) is 35.6. The van der Waals surface area contributed by atoms with Gasteiger partial charge in [-0.25, -0.2) is 4.79 Å². The Bertz CT molecular complexity index is 1550. The van der Waals surface area contributed by atoms with Crippen molar-refractivity contribution >= 4 is 44.3 Å². The van der Waals surface area contributed by atoms with Crippen LogP contribution in [-0.4, -0.2) is 39.2 Å². The molecule has 0 aliphatic rings. The standard InChI is InChI=1S/C37H49ClN2O7Si/c1-10-44-33(42)21-20-32(41)40(34(47-48(8)9)26-14-16-27(17-15-26)36(2,3)4)30-19-18-28(38)23-31(30)45-29-13-11-12-25(22-29)24-39-35(43)46-37(5,6)7/h11-19,22-23,34,48H,10,20-21,24H2,1-9H3,(H,39,43). The van der Waals surface area contributed by atoms with E-state index in [0.717, 1.165) is 16.7 Å². The van der Waals surface area contributed by atoms with E-state index >= 15 is 0 Å². The first-order valence-corrected chi connectivity index (χ1v) is 19.4. The number of amides is 2. The van der Waals surface area contributed by atoms with Crippen LogP contribution in [0.1, 0.15) is 84.2 Å². The molecule has 1 unspecified atom stereocenters. The molecule has 0 aliphatic heterocycles. The van der Waals surface area contributed by atoms with Crippen LogP contribution in [-0.2, 0) is 35.4 Å². The zero-order valence-electron chi connectivity index (χ0n) is 29.5. The largest absolute Gasteiger partial charge is 0.466 e. The monoisotopic (exact) mass is 696 g/mol. The number of hydrogen-bond donors (Lipinski definition) is 1. The maximum absolute atomic E-state index is 14.2. The topological polar surface area (TPSA) is 103 Å². The van der Waals surface area contributed by atoms with Crippen molar-refractivity contribution in [3.8, 4) is 11.5 Å². The Morgan fingerprint density at radius 3 is 2.21 bits per heavy atom. The van der Waals surface area contributed by atoms with Crippen molar-refractivity contribution in [2.24, 2.45) is 0 Å². The van der Waals surface area contributed by atoms with Gasteiger partial charge in [-0.15, -0.1) is 0 Å². The molecule has 0 fully saturated rings. The number of carbonyl (C=O) groups is 3. The van der Waals surface area contributed by atoms with E-state index in [1.807, 2.05) is 43.4 Å². The third-order valence-electron chi connectivity index (χ3n) is 6.96. The van der Waals surface area contributed by atoms with Gasteiger partial charge in [0.15, 0.2) is 21.0 Å². The van der Waals surface area contributed by atoms with Crippen molar-refractivity contribution in [2.45, 2.75) is 98.2 Å². The molecule has 0 bridgehead atoms. The van der Waals surface area contributed by atoms with Gasteiger partial charge in [0.05, 0.1) is 18.7 Å². The third kappa shape index (κ3) is 12.0. The summed E-state index contributed by atoms with van der Waals surface area (Å²) in [5.74, 6) is -0.0220. The summed E-state index contributed by atoms with van der Waals surface area (Å²) >= 11 is 6.48. The summed E-state index contributed by atoms with van der Waals surface area (Å²) in [4.78, 5) is 40.3. The van der Waals surface area contributed by atoms with Gasteiger partial charge in [-0.3, -0.25) is 14.5 Å². The fraction of sp³-hybridized carbons (Fsp3) is 0.432. The first-order valence-electron chi connectivity index (χ1n) is 16.2.